The molecule has 0 aromatic heterocycles. The van der Waals surface area contributed by atoms with E-state index in [1.807, 2.05) is 48.5 Å². The Morgan fingerprint density at radius 3 is 2.43 bits per heavy atom. The maximum atomic E-state index is 12.0. The van der Waals surface area contributed by atoms with Crippen LogP contribution in [0, 0.1) is 0 Å². The van der Waals surface area contributed by atoms with E-state index in [9.17, 15) is 4.79 Å². The third-order valence-corrected chi connectivity index (χ3v) is 3.58. The lowest BCUT2D eigenvalue weighted by Gasteiger charge is -2.07. The molecule has 2 rings (SSSR count). The number of nitrogens with two attached hydrogens (primary N) is 1. The maximum Gasteiger partial charge on any atom is 0.251 e. The van der Waals surface area contributed by atoms with E-state index in [0.717, 1.165) is 24.0 Å². The van der Waals surface area contributed by atoms with Crippen molar-refractivity contribution in [2.75, 3.05) is 13.1 Å². The van der Waals surface area contributed by atoms with Gasteiger partial charge in [0.05, 0.1) is 0 Å². The van der Waals surface area contributed by atoms with Crippen molar-refractivity contribution >= 4 is 17.5 Å². The molecular formula is C17H19ClN2O. The van der Waals surface area contributed by atoms with Gasteiger partial charge in [-0.05, 0) is 43.1 Å². The molecule has 3 nitrogen and oxygen atoms in total. The number of amides is 1. The number of benzene rings is 2. The van der Waals surface area contributed by atoms with Gasteiger partial charge in [-0.2, -0.15) is 0 Å². The van der Waals surface area contributed by atoms with Crippen LogP contribution in [-0.4, -0.2) is 19.0 Å². The number of nitrogens with one attached hydrogen (secondary N) is 1. The molecule has 2 aromatic carbocycles. The molecule has 1 amide bonds. The van der Waals surface area contributed by atoms with Crippen LogP contribution in [-0.2, 0) is 0 Å². The highest BCUT2D eigenvalue weighted by molar-refractivity contribution is 6.33. The monoisotopic (exact) mass is 302 g/mol. The van der Waals surface area contributed by atoms with Crippen LogP contribution in [0.25, 0.3) is 11.1 Å². The summed E-state index contributed by atoms with van der Waals surface area (Å²) in [4.78, 5) is 12.0. The van der Waals surface area contributed by atoms with E-state index in [0.29, 0.717) is 23.7 Å². The van der Waals surface area contributed by atoms with Crippen molar-refractivity contribution in [3.63, 3.8) is 0 Å². The molecule has 3 N–H and O–H groups in total. The Labute approximate surface area is 130 Å². The van der Waals surface area contributed by atoms with Crippen LogP contribution in [0.15, 0.2) is 48.5 Å². The maximum absolute atomic E-state index is 12.0. The SMILES string of the molecule is NCCCCNC(=O)c1ccc(-c2ccccc2Cl)cc1. The standard InChI is InChI=1S/C17H19ClN2O/c18-16-6-2-1-5-15(16)13-7-9-14(10-8-13)17(21)20-12-4-3-11-19/h1-2,5-10H,3-4,11-12,19H2,(H,20,21). The second-order valence-electron chi connectivity index (χ2n) is 4.81. The number of rotatable bonds is 6. The predicted molar refractivity (Wildman–Crippen MR) is 87.5 cm³/mol. The minimum atomic E-state index is -0.0577. The van der Waals surface area contributed by atoms with Gasteiger partial charge in [-0.15, -0.1) is 0 Å². The Hall–Kier alpha value is -1.84. The van der Waals surface area contributed by atoms with E-state index in [2.05, 4.69) is 5.32 Å². The average Bonchev–Trinajstić information content (AvgIpc) is 2.52. The smallest absolute Gasteiger partial charge is 0.251 e. The first kappa shape index (κ1) is 15.5. The number of hydrogen-bond acceptors (Lipinski definition) is 2. The summed E-state index contributed by atoms with van der Waals surface area (Å²) in [6, 6.07) is 15.1. The third-order valence-electron chi connectivity index (χ3n) is 3.25. The number of carbonyl (C=O) groups excluding carboxylic acids is 1. The van der Waals surface area contributed by atoms with Gasteiger partial charge in [0.15, 0.2) is 0 Å². The number of halogens is 1. The van der Waals surface area contributed by atoms with Gasteiger partial charge in [0, 0.05) is 22.7 Å². The van der Waals surface area contributed by atoms with Crippen molar-refractivity contribution in [3.8, 4) is 11.1 Å². The third kappa shape index (κ3) is 4.31. The van der Waals surface area contributed by atoms with Crippen LogP contribution in [0.3, 0.4) is 0 Å². The molecule has 0 saturated heterocycles. The van der Waals surface area contributed by atoms with Gasteiger partial charge >= 0.3 is 0 Å². The van der Waals surface area contributed by atoms with E-state index >= 15 is 0 Å². The molecule has 0 unspecified atom stereocenters. The van der Waals surface area contributed by atoms with Crippen molar-refractivity contribution in [2.45, 2.75) is 12.8 Å². The molecule has 0 saturated carbocycles. The number of carbonyl (C=O) groups is 1. The lowest BCUT2D eigenvalue weighted by molar-refractivity contribution is 0.0953. The second kappa shape index (κ2) is 7.81. The molecule has 110 valence electrons. The summed E-state index contributed by atoms with van der Waals surface area (Å²) in [5, 5.41) is 3.59. The first-order chi connectivity index (χ1) is 10.2. The Morgan fingerprint density at radius 1 is 1.05 bits per heavy atom. The van der Waals surface area contributed by atoms with Crippen LogP contribution < -0.4 is 11.1 Å². The molecule has 4 heteroatoms. The highest BCUT2D eigenvalue weighted by Crippen LogP contribution is 2.27. The van der Waals surface area contributed by atoms with E-state index < -0.39 is 0 Å². The van der Waals surface area contributed by atoms with Gasteiger partial charge in [0.25, 0.3) is 5.91 Å². The minimum absolute atomic E-state index is 0.0577. The Balaban J connectivity index is 2.02. The molecule has 0 atom stereocenters. The predicted octanol–water partition coefficient (Wildman–Crippen LogP) is 3.48. The van der Waals surface area contributed by atoms with Gasteiger partial charge in [-0.25, -0.2) is 0 Å². The highest BCUT2D eigenvalue weighted by Gasteiger charge is 2.06. The van der Waals surface area contributed by atoms with Crippen LogP contribution in [0.5, 0.6) is 0 Å². The van der Waals surface area contributed by atoms with Crippen LogP contribution in [0.4, 0.5) is 0 Å². The number of unbranched alkanes of at least 4 members (excludes halogenated alkanes) is 1. The van der Waals surface area contributed by atoms with Gasteiger partial charge in [0.2, 0.25) is 0 Å². The van der Waals surface area contributed by atoms with Crippen molar-refractivity contribution in [1.29, 1.82) is 0 Å². The van der Waals surface area contributed by atoms with Gasteiger partial charge in [-0.1, -0.05) is 41.9 Å². The molecule has 2 aromatic rings. The normalized spacial score (nSPS) is 10.4. The molecule has 0 bridgehead atoms. The van der Waals surface area contributed by atoms with E-state index in [4.69, 9.17) is 17.3 Å². The van der Waals surface area contributed by atoms with E-state index in [1.165, 1.54) is 0 Å². The fourth-order valence-corrected chi connectivity index (χ4v) is 2.31. The second-order valence-corrected chi connectivity index (χ2v) is 5.22. The zero-order chi connectivity index (χ0) is 15.1. The van der Waals surface area contributed by atoms with Gasteiger partial charge in [0.1, 0.15) is 0 Å². The Kier molecular flexibility index (Phi) is 5.78. The molecule has 21 heavy (non-hydrogen) atoms. The zero-order valence-corrected chi connectivity index (χ0v) is 12.6. The largest absolute Gasteiger partial charge is 0.352 e. The van der Waals surface area contributed by atoms with E-state index in [1.54, 1.807) is 0 Å². The van der Waals surface area contributed by atoms with Crippen molar-refractivity contribution in [3.05, 3.63) is 59.1 Å². The molecule has 0 radical (unpaired) electrons. The van der Waals surface area contributed by atoms with E-state index in [-0.39, 0.29) is 5.91 Å². The Bertz CT molecular complexity index is 596. The van der Waals surface area contributed by atoms with Crippen LogP contribution in [0.2, 0.25) is 5.02 Å². The highest BCUT2D eigenvalue weighted by atomic mass is 35.5. The molecule has 0 aliphatic heterocycles. The summed E-state index contributed by atoms with van der Waals surface area (Å²) in [6.07, 6.45) is 1.83. The van der Waals surface area contributed by atoms with Crippen LogP contribution >= 0.6 is 11.6 Å². The Morgan fingerprint density at radius 2 is 1.76 bits per heavy atom. The minimum Gasteiger partial charge on any atom is -0.352 e. The summed E-state index contributed by atoms with van der Waals surface area (Å²) >= 11 is 6.17. The molecule has 0 heterocycles. The topological polar surface area (TPSA) is 55.1 Å². The summed E-state index contributed by atoms with van der Waals surface area (Å²) in [7, 11) is 0. The summed E-state index contributed by atoms with van der Waals surface area (Å²) in [6.45, 7) is 1.31. The fourth-order valence-electron chi connectivity index (χ4n) is 2.07. The average molecular weight is 303 g/mol. The molecule has 0 spiro atoms. The fraction of sp³-hybridized carbons (Fsp3) is 0.235. The van der Waals surface area contributed by atoms with Crippen molar-refractivity contribution < 1.29 is 4.79 Å². The summed E-state index contributed by atoms with van der Waals surface area (Å²) in [5.41, 5.74) is 8.04. The van der Waals surface area contributed by atoms with Crippen LogP contribution in [0.1, 0.15) is 23.2 Å². The van der Waals surface area contributed by atoms with Crippen molar-refractivity contribution in [2.24, 2.45) is 5.73 Å². The lowest BCUT2D eigenvalue weighted by atomic mass is 10.0. The molecule has 0 aliphatic rings. The first-order valence-electron chi connectivity index (χ1n) is 7.05. The molecular weight excluding hydrogens is 284 g/mol. The lowest BCUT2D eigenvalue weighted by Crippen LogP contribution is -2.24. The zero-order valence-electron chi connectivity index (χ0n) is 11.8. The van der Waals surface area contributed by atoms with Crippen molar-refractivity contribution in [1.82, 2.24) is 5.32 Å². The molecule has 0 fully saturated rings. The first-order valence-corrected chi connectivity index (χ1v) is 7.43. The number of hydrogen-bond donors (Lipinski definition) is 2. The van der Waals surface area contributed by atoms with Gasteiger partial charge < -0.3 is 11.1 Å². The summed E-state index contributed by atoms with van der Waals surface area (Å²) in [5.74, 6) is -0.0577. The summed E-state index contributed by atoms with van der Waals surface area (Å²) < 4.78 is 0. The van der Waals surface area contributed by atoms with Gasteiger partial charge in [-0.3, -0.25) is 4.79 Å². The quantitative estimate of drug-likeness (QED) is 0.803. The molecule has 0 aliphatic carbocycles.